The molecule has 0 aliphatic carbocycles. The van der Waals surface area contributed by atoms with Crippen molar-refractivity contribution in [3.05, 3.63) is 34.1 Å². The normalized spacial score (nSPS) is 15.5. The molecule has 0 spiro atoms. The van der Waals surface area contributed by atoms with Gasteiger partial charge in [0.1, 0.15) is 11.4 Å². The van der Waals surface area contributed by atoms with E-state index >= 15 is 0 Å². The Balaban J connectivity index is 3.16. The first-order valence-corrected chi connectivity index (χ1v) is 4.55. The molecule has 0 unspecified atom stereocenters. The topological polar surface area (TPSA) is 40.5 Å². The van der Waals surface area contributed by atoms with Crippen LogP contribution in [0.3, 0.4) is 0 Å². The van der Waals surface area contributed by atoms with Gasteiger partial charge in [-0.15, -0.1) is 0 Å². The summed E-state index contributed by atoms with van der Waals surface area (Å²) in [4.78, 5) is 0. The van der Waals surface area contributed by atoms with E-state index in [0.29, 0.717) is 4.47 Å². The molecular weight excluding hydrogens is 239 g/mol. The number of aliphatic hydroxyl groups excluding tert-OH is 1. The third-order valence-corrected chi connectivity index (χ3v) is 2.31. The molecule has 0 radical (unpaired) electrons. The molecule has 2 N–H and O–H groups in total. The van der Waals surface area contributed by atoms with Crippen LogP contribution in [0, 0.1) is 5.82 Å². The highest BCUT2D eigenvalue weighted by Gasteiger charge is 2.25. The Morgan fingerprint density at radius 1 is 1.54 bits per heavy atom. The van der Waals surface area contributed by atoms with Crippen LogP contribution in [0.4, 0.5) is 4.39 Å². The van der Waals surface area contributed by atoms with Crippen molar-refractivity contribution in [2.24, 2.45) is 0 Å². The van der Waals surface area contributed by atoms with Crippen molar-refractivity contribution < 1.29 is 14.6 Å². The molecule has 1 atom stereocenters. The number of halogens is 2. The highest BCUT2D eigenvalue weighted by atomic mass is 79.9. The lowest BCUT2D eigenvalue weighted by Gasteiger charge is -2.21. The lowest BCUT2D eigenvalue weighted by atomic mass is 9.97. The summed E-state index contributed by atoms with van der Waals surface area (Å²) in [6.45, 7) is 0.852. The summed E-state index contributed by atoms with van der Waals surface area (Å²) in [5, 5.41) is 18.4. The third kappa shape index (κ3) is 2.27. The molecule has 0 aromatic heterocycles. The predicted molar refractivity (Wildman–Crippen MR) is 50.8 cm³/mol. The summed E-state index contributed by atoms with van der Waals surface area (Å²) >= 11 is 3.10. The van der Waals surface area contributed by atoms with Crippen LogP contribution in [0.15, 0.2) is 22.7 Å². The quantitative estimate of drug-likeness (QED) is 0.838. The Bertz CT molecular complexity index is 312. The highest BCUT2D eigenvalue weighted by Crippen LogP contribution is 2.25. The van der Waals surface area contributed by atoms with Crippen LogP contribution >= 0.6 is 15.9 Å². The van der Waals surface area contributed by atoms with E-state index in [9.17, 15) is 9.50 Å². The maximum Gasteiger partial charge on any atom is 0.130 e. The van der Waals surface area contributed by atoms with Crippen molar-refractivity contribution in [1.29, 1.82) is 0 Å². The van der Waals surface area contributed by atoms with Gasteiger partial charge < -0.3 is 10.2 Å². The monoisotopic (exact) mass is 248 g/mol. The molecular formula is C9H10BrFO2. The highest BCUT2D eigenvalue weighted by molar-refractivity contribution is 9.10. The number of hydrogen-bond acceptors (Lipinski definition) is 2. The molecule has 72 valence electrons. The maximum absolute atomic E-state index is 13.2. The third-order valence-electron chi connectivity index (χ3n) is 1.82. The largest absolute Gasteiger partial charge is 0.393 e. The van der Waals surface area contributed by atoms with Gasteiger partial charge >= 0.3 is 0 Å². The van der Waals surface area contributed by atoms with Crippen molar-refractivity contribution in [1.82, 2.24) is 0 Å². The maximum atomic E-state index is 13.2. The fraction of sp³-hybridized carbons (Fsp3) is 0.333. The zero-order chi connectivity index (χ0) is 10.1. The van der Waals surface area contributed by atoms with Crippen LogP contribution in [0.1, 0.15) is 12.5 Å². The lowest BCUT2D eigenvalue weighted by molar-refractivity contribution is -0.00508. The second kappa shape index (κ2) is 3.74. The van der Waals surface area contributed by atoms with Crippen molar-refractivity contribution in [3.63, 3.8) is 0 Å². The minimum atomic E-state index is -1.52. The van der Waals surface area contributed by atoms with Crippen LogP contribution in [-0.2, 0) is 5.60 Å². The number of rotatable bonds is 2. The number of aliphatic hydroxyl groups is 2. The molecule has 0 amide bonds. The molecule has 0 saturated carbocycles. The van der Waals surface area contributed by atoms with Crippen molar-refractivity contribution >= 4 is 15.9 Å². The first-order chi connectivity index (χ1) is 5.97. The lowest BCUT2D eigenvalue weighted by Crippen LogP contribution is -2.27. The molecule has 0 aliphatic heterocycles. The minimum absolute atomic E-state index is 0.0956. The molecule has 4 heteroatoms. The first-order valence-electron chi connectivity index (χ1n) is 3.76. The van der Waals surface area contributed by atoms with Gasteiger partial charge in [-0.3, -0.25) is 0 Å². The van der Waals surface area contributed by atoms with E-state index in [0.717, 1.165) is 0 Å². The molecule has 1 rings (SSSR count). The van der Waals surface area contributed by atoms with Gasteiger partial charge in [0.05, 0.1) is 6.61 Å². The van der Waals surface area contributed by atoms with Crippen molar-refractivity contribution in [2.45, 2.75) is 12.5 Å². The molecule has 1 aromatic carbocycles. The van der Waals surface area contributed by atoms with Gasteiger partial charge in [0, 0.05) is 10.0 Å². The second-order valence-electron chi connectivity index (χ2n) is 3.06. The summed E-state index contributed by atoms with van der Waals surface area (Å²) in [6, 6.07) is 4.30. The SMILES string of the molecule is C[C@@](O)(CO)c1ccc(Br)cc1F. The first kappa shape index (κ1) is 10.6. The van der Waals surface area contributed by atoms with E-state index in [-0.39, 0.29) is 5.56 Å². The van der Waals surface area contributed by atoms with Crippen LogP contribution in [-0.4, -0.2) is 16.8 Å². The van der Waals surface area contributed by atoms with Crippen molar-refractivity contribution in [2.75, 3.05) is 6.61 Å². The van der Waals surface area contributed by atoms with E-state index in [1.54, 1.807) is 6.07 Å². The van der Waals surface area contributed by atoms with E-state index in [1.807, 2.05) is 0 Å². The van der Waals surface area contributed by atoms with Gasteiger partial charge in [0.15, 0.2) is 0 Å². The average molecular weight is 249 g/mol. The average Bonchev–Trinajstić information content (AvgIpc) is 2.03. The zero-order valence-corrected chi connectivity index (χ0v) is 8.68. The second-order valence-corrected chi connectivity index (χ2v) is 3.97. The zero-order valence-electron chi connectivity index (χ0n) is 7.09. The minimum Gasteiger partial charge on any atom is -0.393 e. The van der Waals surface area contributed by atoms with Crippen LogP contribution < -0.4 is 0 Å². The van der Waals surface area contributed by atoms with E-state index in [2.05, 4.69) is 15.9 Å². The molecule has 0 heterocycles. The van der Waals surface area contributed by atoms with Gasteiger partial charge in [-0.1, -0.05) is 22.0 Å². The fourth-order valence-corrected chi connectivity index (χ4v) is 1.34. The van der Waals surface area contributed by atoms with Gasteiger partial charge in [-0.25, -0.2) is 4.39 Å². The smallest absolute Gasteiger partial charge is 0.130 e. The Kier molecular flexibility index (Phi) is 3.05. The standard InChI is InChI=1S/C9H10BrFO2/c1-9(13,5-12)7-3-2-6(10)4-8(7)11/h2-4,12-13H,5H2,1H3/t9-/m1/s1. The fourth-order valence-electron chi connectivity index (χ4n) is 1.01. The van der Waals surface area contributed by atoms with Gasteiger partial charge in [-0.05, 0) is 19.1 Å². The van der Waals surface area contributed by atoms with Crippen LogP contribution in [0.25, 0.3) is 0 Å². The molecule has 13 heavy (non-hydrogen) atoms. The summed E-state index contributed by atoms with van der Waals surface area (Å²) in [5.41, 5.74) is -1.43. The van der Waals surface area contributed by atoms with Gasteiger partial charge in [0.25, 0.3) is 0 Å². The molecule has 0 bridgehead atoms. The van der Waals surface area contributed by atoms with Crippen LogP contribution in [0.2, 0.25) is 0 Å². The number of benzene rings is 1. The molecule has 0 fully saturated rings. The summed E-state index contributed by atoms with van der Waals surface area (Å²) in [7, 11) is 0. The predicted octanol–water partition coefficient (Wildman–Crippen LogP) is 1.79. The Hall–Kier alpha value is -0.450. The van der Waals surface area contributed by atoms with Gasteiger partial charge in [0.2, 0.25) is 0 Å². The molecule has 1 aromatic rings. The summed E-state index contributed by atoms with van der Waals surface area (Å²) < 4.78 is 13.8. The van der Waals surface area contributed by atoms with Gasteiger partial charge in [-0.2, -0.15) is 0 Å². The Labute approximate surface area is 84.1 Å². The van der Waals surface area contributed by atoms with E-state index in [1.165, 1.54) is 19.1 Å². The summed E-state index contributed by atoms with van der Waals surface area (Å²) in [6.07, 6.45) is 0. The molecule has 2 nitrogen and oxygen atoms in total. The van der Waals surface area contributed by atoms with Crippen LogP contribution in [0.5, 0.6) is 0 Å². The summed E-state index contributed by atoms with van der Waals surface area (Å²) in [5.74, 6) is -0.534. The Morgan fingerprint density at radius 2 is 2.15 bits per heavy atom. The van der Waals surface area contributed by atoms with E-state index < -0.39 is 18.0 Å². The van der Waals surface area contributed by atoms with Crippen molar-refractivity contribution in [3.8, 4) is 0 Å². The molecule has 0 aliphatic rings. The van der Waals surface area contributed by atoms with E-state index in [4.69, 9.17) is 5.11 Å². The number of hydrogen-bond donors (Lipinski definition) is 2. The molecule has 0 saturated heterocycles. The Morgan fingerprint density at radius 3 is 2.62 bits per heavy atom.